The topological polar surface area (TPSA) is 96.4 Å². The number of anilines is 1. The molecule has 0 fully saturated rings. The van der Waals surface area contributed by atoms with Crippen molar-refractivity contribution in [2.75, 3.05) is 4.90 Å². The van der Waals surface area contributed by atoms with Gasteiger partial charge < -0.3 is 15.4 Å². The van der Waals surface area contributed by atoms with Crippen LogP contribution in [0, 0.1) is 30.6 Å². The zero-order valence-corrected chi connectivity index (χ0v) is 20.5. The standard InChI is InChI=1S/C27H31N3O3/c1-13-8-16-14(2)9-26(6,7)30-22(16)20(15(13)3)27(24(30)32)17(12-28)23(29)33-19-11-25(4,5)10-18(31)21(19)27/h8,14H,9-11,29H2,1-7H3/t14-,27-/m1/s1. The molecule has 33 heavy (non-hydrogen) atoms. The van der Waals surface area contributed by atoms with Gasteiger partial charge in [-0.15, -0.1) is 0 Å². The Morgan fingerprint density at radius 3 is 2.48 bits per heavy atom. The first-order valence-electron chi connectivity index (χ1n) is 11.6. The zero-order valence-electron chi connectivity index (χ0n) is 20.5. The first kappa shape index (κ1) is 21.8. The summed E-state index contributed by atoms with van der Waals surface area (Å²) in [6, 6.07) is 4.36. The van der Waals surface area contributed by atoms with E-state index in [-0.39, 0.29) is 40.9 Å². The molecule has 6 heteroatoms. The molecule has 0 radical (unpaired) electrons. The van der Waals surface area contributed by atoms with Gasteiger partial charge in [0.2, 0.25) is 11.8 Å². The van der Waals surface area contributed by atoms with Crippen LogP contribution in [0.3, 0.4) is 0 Å². The number of nitriles is 1. The minimum absolute atomic E-state index is 0.0352. The summed E-state index contributed by atoms with van der Waals surface area (Å²) in [5.74, 6) is 0.188. The number of carbonyl (C=O) groups excluding carboxylic acids is 2. The second kappa shape index (κ2) is 6.28. The number of aryl methyl sites for hydroxylation is 1. The molecule has 0 unspecified atom stereocenters. The number of hydrogen-bond donors (Lipinski definition) is 1. The molecular formula is C27H31N3O3. The maximum Gasteiger partial charge on any atom is 0.248 e. The largest absolute Gasteiger partial charge is 0.444 e. The van der Waals surface area contributed by atoms with Gasteiger partial charge in [0.25, 0.3) is 0 Å². The Morgan fingerprint density at radius 1 is 1.18 bits per heavy atom. The summed E-state index contributed by atoms with van der Waals surface area (Å²) < 4.78 is 5.93. The highest BCUT2D eigenvalue weighted by molar-refractivity contribution is 6.21. The maximum absolute atomic E-state index is 14.7. The van der Waals surface area contributed by atoms with Crippen LogP contribution >= 0.6 is 0 Å². The highest BCUT2D eigenvalue weighted by Crippen LogP contribution is 2.63. The Labute approximate surface area is 195 Å². The fourth-order valence-electron chi connectivity index (χ4n) is 6.77. The molecule has 1 aromatic carbocycles. The average Bonchev–Trinajstić information content (AvgIpc) is 2.93. The van der Waals surface area contributed by atoms with E-state index < -0.39 is 11.0 Å². The number of benzene rings is 1. The van der Waals surface area contributed by atoms with Crippen LogP contribution < -0.4 is 10.6 Å². The summed E-state index contributed by atoms with van der Waals surface area (Å²) >= 11 is 0. The number of Topliss-reactive ketones (excluding diaryl/α,β-unsaturated/α-hetero) is 1. The zero-order chi connectivity index (χ0) is 24.2. The van der Waals surface area contributed by atoms with E-state index in [1.165, 1.54) is 0 Å². The molecule has 1 aromatic rings. The second-order valence-corrected chi connectivity index (χ2v) is 11.6. The van der Waals surface area contributed by atoms with Gasteiger partial charge in [0.05, 0.1) is 11.3 Å². The second-order valence-electron chi connectivity index (χ2n) is 11.6. The lowest BCUT2D eigenvalue weighted by Crippen LogP contribution is -2.56. The summed E-state index contributed by atoms with van der Waals surface area (Å²) in [4.78, 5) is 30.3. The fraction of sp³-hybridized carbons (Fsp3) is 0.519. The molecule has 2 atom stereocenters. The van der Waals surface area contributed by atoms with Crippen LogP contribution in [-0.2, 0) is 19.7 Å². The van der Waals surface area contributed by atoms with Gasteiger partial charge in [-0.05, 0) is 62.1 Å². The van der Waals surface area contributed by atoms with E-state index in [9.17, 15) is 14.9 Å². The van der Waals surface area contributed by atoms with Crippen molar-refractivity contribution in [3.05, 3.63) is 51.1 Å². The van der Waals surface area contributed by atoms with Crippen LogP contribution in [-0.4, -0.2) is 17.2 Å². The van der Waals surface area contributed by atoms with E-state index in [1.807, 2.05) is 32.6 Å². The van der Waals surface area contributed by atoms with E-state index in [4.69, 9.17) is 10.5 Å². The third kappa shape index (κ3) is 2.48. The van der Waals surface area contributed by atoms with Crippen LogP contribution in [0.1, 0.15) is 82.1 Å². The van der Waals surface area contributed by atoms with Crippen molar-refractivity contribution in [3.63, 3.8) is 0 Å². The average molecular weight is 446 g/mol. The van der Waals surface area contributed by atoms with Crippen LogP contribution in [0.2, 0.25) is 0 Å². The van der Waals surface area contributed by atoms with Crippen LogP contribution in [0.15, 0.2) is 28.9 Å². The van der Waals surface area contributed by atoms with Gasteiger partial charge in [0, 0.05) is 23.9 Å². The summed E-state index contributed by atoms with van der Waals surface area (Å²) in [7, 11) is 0. The van der Waals surface area contributed by atoms with Gasteiger partial charge in [-0.3, -0.25) is 9.59 Å². The molecule has 3 aliphatic heterocycles. The fourth-order valence-corrected chi connectivity index (χ4v) is 6.77. The molecule has 0 saturated heterocycles. The van der Waals surface area contributed by atoms with Crippen molar-refractivity contribution in [2.24, 2.45) is 11.1 Å². The Hall–Kier alpha value is -3.07. The third-order valence-electron chi connectivity index (χ3n) is 8.09. The number of fused-ring (bicyclic) bond motifs is 2. The van der Waals surface area contributed by atoms with Crippen molar-refractivity contribution < 1.29 is 14.3 Å². The van der Waals surface area contributed by atoms with Crippen LogP contribution in [0.5, 0.6) is 0 Å². The third-order valence-corrected chi connectivity index (χ3v) is 8.09. The molecule has 4 aliphatic rings. The number of ether oxygens (including phenoxy) is 1. The first-order valence-corrected chi connectivity index (χ1v) is 11.6. The van der Waals surface area contributed by atoms with Crippen molar-refractivity contribution >= 4 is 17.4 Å². The van der Waals surface area contributed by atoms with Crippen LogP contribution in [0.25, 0.3) is 0 Å². The molecule has 3 heterocycles. The number of nitrogens with two attached hydrogens (primary N) is 1. The molecule has 1 spiro atoms. The van der Waals surface area contributed by atoms with Gasteiger partial charge in [0.1, 0.15) is 22.8 Å². The maximum atomic E-state index is 14.7. The normalized spacial score (nSPS) is 29.2. The molecular weight excluding hydrogens is 414 g/mol. The van der Waals surface area contributed by atoms with Gasteiger partial charge in [-0.1, -0.05) is 26.8 Å². The predicted molar refractivity (Wildman–Crippen MR) is 125 cm³/mol. The number of rotatable bonds is 0. The SMILES string of the molecule is Cc1cc2c3c(c1C)[C@]1(C(=O)N3C(C)(C)C[C@H]2C)C(C#N)=C(N)OC2=C1C(=O)CC(C)(C)C2. The Morgan fingerprint density at radius 2 is 1.85 bits per heavy atom. The monoisotopic (exact) mass is 445 g/mol. The Balaban J connectivity index is 1.99. The molecule has 0 bridgehead atoms. The van der Waals surface area contributed by atoms with Crippen molar-refractivity contribution in [2.45, 2.75) is 84.6 Å². The van der Waals surface area contributed by atoms with E-state index in [0.29, 0.717) is 17.8 Å². The smallest absolute Gasteiger partial charge is 0.248 e. The minimum atomic E-state index is -1.55. The van der Waals surface area contributed by atoms with Crippen molar-refractivity contribution in [1.82, 2.24) is 0 Å². The Kier molecular flexibility index (Phi) is 4.14. The quantitative estimate of drug-likeness (QED) is 0.632. The van der Waals surface area contributed by atoms with E-state index >= 15 is 0 Å². The number of ketones is 1. The molecule has 2 N–H and O–H groups in total. The number of carbonyl (C=O) groups is 2. The molecule has 1 aliphatic carbocycles. The highest BCUT2D eigenvalue weighted by Gasteiger charge is 2.66. The molecule has 0 saturated carbocycles. The van der Waals surface area contributed by atoms with Gasteiger partial charge in [0.15, 0.2) is 5.78 Å². The van der Waals surface area contributed by atoms with E-state index in [2.05, 4.69) is 32.9 Å². The number of amides is 1. The van der Waals surface area contributed by atoms with Gasteiger partial charge in [-0.2, -0.15) is 5.26 Å². The molecule has 172 valence electrons. The number of hydrogen-bond acceptors (Lipinski definition) is 5. The lowest BCUT2D eigenvalue weighted by molar-refractivity contribution is -0.126. The number of allylic oxidation sites excluding steroid dienone is 1. The minimum Gasteiger partial charge on any atom is -0.444 e. The summed E-state index contributed by atoms with van der Waals surface area (Å²) in [6.07, 6.45) is 1.55. The summed E-state index contributed by atoms with van der Waals surface area (Å²) in [5, 5.41) is 10.3. The first-order chi connectivity index (χ1) is 15.3. The summed E-state index contributed by atoms with van der Waals surface area (Å²) in [6.45, 7) is 14.3. The molecule has 6 nitrogen and oxygen atoms in total. The number of nitrogens with zero attached hydrogens (tertiary/aromatic N) is 2. The molecule has 5 rings (SSSR count). The lowest BCUT2D eigenvalue weighted by Gasteiger charge is -2.45. The van der Waals surface area contributed by atoms with Crippen molar-refractivity contribution in [1.29, 1.82) is 5.26 Å². The predicted octanol–water partition coefficient (Wildman–Crippen LogP) is 4.54. The van der Waals surface area contributed by atoms with Crippen LogP contribution in [0.4, 0.5) is 5.69 Å². The summed E-state index contributed by atoms with van der Waals surface area (Å²) in [5.41, 5.74) is 8.98. The van der Waals surface area contributed by atoms with E-state index in [1.54, 1.807) is 0 Å². The van der Waals surface area contributed by atoms with Gasteiger partial charge >= 0.3 is 0 Å². The lowest BCUT2D eigenvalue weighted by atomic mass is 9.61. The van der Waals surface area contributed by atoms with Crippen molar-refractivity contribution in [3.8, 4) is 6.07 Å². The highest BCUT2D eigenvalue weighted by atomic mass is 16.5. The molecule has 1 amide bonds. The Bertz CT molecular complexity index is 1270. The van der Waals surface area contributed by atoms with Gasteiger partial charge in [-0.25, -0.2) is 0 Å². The molecule has 0 aromatic heterocycles. The van der Waals surface area contributed by atoms with E-state index in [0.717, 1.165) is 34.4 Å².